The van der Waals surface area contributed by atoms with E-state index in [2.05, 4.69) is 164 Å². The van der Waals surface area contributed by atoms with Crippen molar-refractivity contribution in [3.8, 4) is 22.3 Å². The van der Waals surface area contributed by atoms with Crippen molar-refractivity contribution in [2.24, 2.45) is 0 Å². The quantitative estimate of drug-likeness (QED) is 0.196. The fraction of sp³-hybridized carbons (Fsp3) is 0. The fourth-order valence-electron chi connectivity index (χ4n) is 5.69. The molecule has 0 heterocycles. The Bertz CT molecular complexity index is 1880. The van der Waals surface area contributed by atoms with E-state index in [9.17, 15) is 0 Å². The maximum absolute atomic E-state index is 5.04. The molecular weight excluding hydrogens is 499 g/mol. The van der Waals surface area contributed by atoms with Crippen molar-refractivity contribution in [1.82, 2.24) is 0 Å². The molecule has 7 aromatic carbocycles. The second kappa shape index (κ2) is 10.2. The molecule has 0 N–H and O–H groups in total. The maximum Gasteiger partial charge on any atom is -0.0159 e. The van der Waals surface area contributed by atoms with Crippen molar-refractivity contribution in [3.05, 3.63) is 164 Å². The van der Waals surface area contributed by atoms with Gasteiger partial charge in [-0.3, -0.25) is 0 Å². The summed E-state index contributed by atoms with van der Waals surface area (Å²) < 4.78 is 0. The van der Waals surface area contributed by atoms with E-state index in [1.807, 2.05) is 0 Å². The minimum absolute atomic E-state index is 1.24. The molecule has 0 nitrogen and oxygen atoms in total. The Balaban J connectivity index is 1.35. The molecule has 0 radical (unpaired) electrons. The number of hydrogen-bond donors (Lipinski definition) is 0. The second-order valence-electron chi connectivity index (χ2n) is 10.4. The monoisotopic (exact) mass is 528 g/mol. The Hall–Kier alpha value is -4.64. The summed E-state index contributed by atoms with van der Waals surface area (Å²) in [5.41, 5.74) is 4.96. The van der Waals surface area contributed by atoms with Gasteiger partial charge in [0, 0.05) is 0 Å². The molecule has 0 amide bonds. The van der Waals surface area contributed by atoms with E-state index < -0.39 is 6.89 Å². The number of benzene rings is 7. The van der Waals surface area contributed by atoms with Crippen LogP contribution < -0.4 is 15.9 Å². The first-order valence-corrected chi connectivity index (χ1v) is 15.6. The normalized spacial score (nSPS) is 11.6. The van der Waals surface area contributed by atoms with Crippen LogP contribution in [-0.2, 0) is 0 Å². The predicted octanol–water partition coefficient (Wildman–Crippen LogP) is 9.05. The first-order chi connectivity index (χ1) is 19.7. The van der Waals surface area contributed by atoms with Crippen LogP contribution in [0.15, 0.2) is 164 Å². The van der Waals surface area contributed by atoms with E-state index in [0.29, 0.717) is 0 Å². The zero-order chi connectivity index (χ0) is 26.9. The second-order valence-corrected chi connectivity index (χ2v) is 13.5. The molecule has 1 heteroatoms. The van der Waals surface area contributed by atoms with Crippen molar-refractivity contribution >= 4 is 50.6 Å². The van der Waals surface area contributed by atoms with Gasteiger partial charge in [-0.15, -0.1) is 0 Å². The van der Waals surface area contributed by atoms with Gasteiger partial charge in [0.15, 0.2) is 0 Å². The van der Waals surface area contributed by atoms with Gasteiger partial charge in [0.1, 0.15) is 0 Å². The Morgan fingerprint density at radius 1 is 0.300 bits per heavy atom. The van der Waals surface area contributed by atoms with E-state index in [1.165, 1.54) is 59.7 Å². The highest BCUT2D eigenvalue weighted by molar-refractivity contribution is 7.93. The third kappa shape index (κ3) is 4.37. The molecule has 0 spiro atoms. The molecule has 0 bridgehead atoms. The van der Waals surface area contributed by atoms with Crippen molar-refractivity contribution in [3.63, 3.8) is 0 Å². The van der Waals surface area contributed by atoms with Crippen LogP contribution in [0.2, 0.25) is 0 Å². The van der Waals surface area contributed by atoms with Crippen molar-refractivity contribution in [2.75, 3.05) is 0 Å². The molecule has 0 aliphatic rings. The van der Waals surface area contributed by atoms with Crippen LogP contribution in [0.25, 0.3) is 43.8 Å². The molecule has 0 aliphatic carbocycles. The van der Waals surface area contributed by atoms with Gasteiger partial charge in [0.05, 0.1) is 0 Å². The standard InChI is InChI=1S/C39H29P/c1-40(37-15-9-4-10-16-37,38-23-21-33-25-31(17-19-35(33)27-38)29-11-5-2-6-12-29)39-24-22-34-26-32(18-20-36(34)28-39)30-13-7-3-8-14-30/h2-28H,1H2. The lowest BCUT2D eigenvalue weighted by molar-refractivity contribution is 1.65. The van der Waals surface area contributed by atoms with Crippen LogP contribution in [0.3, 0.4) is 0 Å². The molecule has 0 aliphatic heterocycles. The lowest BCUT2D eigenvalue weighted by Crippen LogP contribution is -2.25. The van der Waals surface area contributed by atoms with E-state index in [4.69, 9.17) is 6.30 Å². The lowest BCUT2D eigenvalue weighted by Gasteiger charge is -2.27. The van der Waals surface area contributed by atoms with Crippen LogP contribution in [0.4, 0.5) is 0 Å². The van der Waals surface area contributed by atoms with E-state index in [-0.39, 0.29) is 0 Å². The average Bonchev–Trinajstić information content (AvgIpc) is 3.04. The zero-order valence-corrected chi connectivity index (χ0v) is 23.1. The Labute approximate surface area is 236 Å². The van der Waals surface area contributed by atoms with Gasteiger partial charge in [-0.25, -0.2) is 0 Å². The van der Waals surface area contributed by atoms with E-state index in [0.717, 1.165) is 0 Å². The molecular formula is C39H29P. The molecule has 0 aromatic heterocycles. The number of fused-ring (bicyclic) bond motifs is 2. The third-order valence-electron chi connectivity index (χ3n) is 7.94. The highest BCUT2D eigenvalue weighted by Gasteiger charge is 2.23. The topological polar surface area (TPSA) is 0 Å². The molecule has 40 heavy (non-hydrogen) atoms. The van der Waals surface area contributed by atoms with E-state index in [1.54, 1.807) is 0 Å². The summed E-state index contributed by atoms with van der Waals surface area (Å²) in [5.74, 6) is 0. The van der Waals surface area contributed by atoms with Gasteiger partial charge in [-0.2, -0.15) is 0 Å². The van der Waals surface area contributed by atoms with Gasteiger partial charge in [-0.1, -0.05) is 146 Å². The van der Waals surface area contributed by atoms with Gasteiger partial charge < -0.3 is 0 Å². The minimum atomic E-state index is -2.12. The zero-order valence-electron chi connectivity index (χ0n) is 22.2. The molecule has 0 fully saturated rings. The van der Waals surface area contributed by atoms with Crippen LogP contribution in [0.1, 0.15) is 0 Å². The van der Waals surface area contributed by atoms with Gasteiger partial charge in [0.25, 0.3) is 0 Å². The largest absolute Gasteiger partial charge is 0.0887 e. The molecule has 7 aromatic rings. The van der Waals surface area contributed by atoms with Crippen molar-refractivity contribution < 1.29 is 0 Å². The van der Waals surface area contributed by atoms with Gasteiger partial charge in [-0.05, 0) is 90.9 Å². The summed E-state index contributed by atoms with van der Waals surface area (Å²) >= 11 is 0. The molecule has 0 atom stereocenters. The first-order valence-electron chi connectivity index (χ1n) is 13.7. The van der Waals surface area contributed by atoms with Crippen LogP contribution in [-0.4, -0.2) is 6.30 Å². The van der Waals surface area contributed by atoms with E-state index >= 15 is 0 Å². The molecule has 0 saturated carbocycles. The Morgan fingerprint density at radius 2 is 0.675 bits per heavy atom. The SMILES string of the molecule is C=P(c1ccccc1)(c1ccc2cc(-c3ccccc3)ccc2c1)c1ccc2cc(-c3ccccc3)ccc2c1. The number of rotatable bonds is 5. The highest BCUT2D eigenvalue weighted by Crippen LogP contribution is 2.43. The van der Waals surface area contributed by atoms with Crippen LogP contribution in [0.5, 0.6) is 0 Å². The summed E-state index contributed by atoms with van der Waals surface area (Å²) in [7, 11) is 0. The Kier molecular flexibility index (Phi) is 6.20. The Morgan fingerprint density at radius 3 is 1.12 bits per heavy atom. The summed E-state index contributed by atoms with van der Waals surface area (Å²) in [6.45, 7) is -2.12. The highest BCUT2D eigenvalue weighted by atomic mass is 31.2. The first kappa shape index (κ1) is 24.4. The number of hydrogen-bond acceptors (Lipinski definition) is 0. The summed E-state index contributed by atoms with van der Waals surface area (Å²) in [6, 6.07) is 59.4. The molecule has 0 unspecified atom stereocenters. The lowest BCUT2D eigenvalue weighted by atomic mass is 10.0. The summed E-state index contributed by atoms with van der Waals surface area (Å²) in [6.07, 6.45) is 5.04. The summed E-state index contributed by atoms with van der Waals surface area (Å²) in [4.78, 5) is 0. The average molecular weight is 529 g/mol. The fourth-order valence-corrected chi connectivity index (χ4v) is 8.64. The third-order valence-corrected chi connectivity index (χ3v) is 11.4. The van der Waals surface area contributed by atoms with Gasteiger partial charge in [0.2, 0.25) is 0 Å². The molecule has 0 saturated heterocycles. The smallest absolute Gasteiger partial charge is 0.0159 e. The van der Waals surface area contributed by atoms with Crippen LogP contribution in [0, 0.1) is 0 Å². The predicted molar refractivity (Wildman–Crippen MR) is 178 cm³/mol. The van der Waals surface area contributed by atoms with Crippen molar-refractivity contribution in [1.29, 1.82) is 0 Å². The molecule has 7 rings (SSSR count). The van der Waals surface area contributed by atoms with Crippen molar-refractivity contribution in [2.45, 2.75) is 0 Å². The molecule has 190 valence electrons. The minimum Gasteiger partial charge on any atom is -0.0887 e. The summed E-state index contributed by atoms with van der Waals surface area (Å²) in [5, 5.41) is 8.85. The van der Waals surface area contributed by atoms with Gasteiger partial charge >= 0.3 is 0 Å². The maximum atomic E-state index is 5.04. The van der Waals surface area contributed by atoms with Crippen LogP contribution >= 0.6 is 6.89 Å².